The van der Waals surface area contributed by atoms with Gasteiger partial charge >= 0.3 is 0 Å². The molecule has 0 aromatic heterocycles. The second-order valence-corrected chi connectivity index (χ2v) is 0. The molecule has 0 atom stereocenters. The van der Waals surface area contributed by atoms with E-state index in [1.54, 1.807) is 0 Å². The zero-order valence-electron chi connectivity index (χ0n) is 4.50. The van der Waals surface area contributed by atoms with Crippen LogP contribution in [-0.4, -0.2) is 0 Å². The van der Waals surface area contributed by atoms with Crippen molar-refractivity contribution in [3.05, 3.63) is 0 Å². The molecule has 0 aromatic carbocycles. The van der Waals surface area contributed by atoms with Gasteiger partial charge in [0.15, 0.2) is 0 Å². The number of rotatable bonds is 0. The Morgan fingerprint density at radius 2 is 0.500 bits per heavy atom. The highest BCUT2D eigenvalue weighted by Gasteiger charge is 0.932. The molecule has 0 aliphatic carbocycles. The molecule has 0 radical (unpaired) electrons. The summed E-state index contributed by atoms with van der Waals surface area (Å²) in [6, 6.07) is 0. The summed E-state index contributed by atoms with van der Waals surface area (Å²) in [5.74, 6) is 0. The third kappa shape index (κ3) is 115. The van der Waals surface area contributed by atoms with Gasteiger partial charge < -0.3 is 0 Å². The molecule has 0 nitrogen and oxygen atoms in total. The van der Waals surface area contributed by atoms with E-state index in [1.165, 1.54) is 0 Å². The summed E-state index contributed by atoms with van der Waals surface area (Å²) in [6.45, 7) is 4.00. The largest absolute Gasteiger partial charge is 0.197 e. The second-order valence-electron chi connectivity index (χ2n) is 0. The summed E-state index contributed by atoms with van der Waals surface area (Å²) < 4.78 is 0. The van der Waals surface area contributed by atoms with Gasteiger partial charge in [-0.15, -0.1) is 0 Å². The van der Waals surface area contributed by atoms with E-state index in [0.717, 1.165) is 0 Å². The Balaban J connectivity index is -0.000000000333. The van der Waals surface area contributed by atoms with Gasteiger partial charge in [0.25, 0.3) is 0 Å². The quantitative estimate of drug-likeness (QED) is 0.583. The van der Waals surface area contributed by atoms with Crippen molar-refractivity contribution in [2.75, 3.05) is 0 Å². The lowest BCUT2D eigenvalue weighted by Crippen LogP contribution is -0.856. The maximum absolute atomic E-state index is 2.00. The van der Waals surface area contributed by atoms with Crippen molar-refractivity contribution >= 4 is 67.5 Å². The Kier molecular flexibility index (Phi) is 2120. The lowest BCUT2D eigenvalue weighted by Gasteiger charge is -1.07. The van der Waals surface area contributed by atoms with E-state index >= 15 is 0 Å². The molecule has 8 heavy (non-hydrogen) atoms. The monoisotopic (exact) mass is 216 g/mol. The van der Waals surface area contributed by atoms with E-state index in [-0.39, 0.29) is 74.9 Å². The highest BCUT2D eigenvalue weighted by molar-refractivity contribution is 7.60. The van der Waals surface area contributed by atoms with Gasteiger partial charge in [-0.2, -0.15) is 67.5 Å². The van der Waals surface area contributed by atoms with Gasteiger partial charge in [0.1, 0.15) is 0 Å². The first kappa shape index (κ1) is 98.7. The molecule has 0 heterocycles. The summed E-state index contributed by atoms with van der Waals surface area (Å²) >= 11 is 0. The number of hydrogen-bond acceptors (Lipinski definition) is 0. The normalized spacial score (nSPS) is 0.750. The molecule has 0 N–H and O–H groups in total. The van der Waals surface area contributed by atoms with Crippen molar-refractivity contribution in [1.82, 2.24) is 0 Å². The second kappa shape index (κ2) is 172. The minimum Gasteiger partial charge on any atom is -0.197 e. The van der Waals surface area contributed by atoms with Crippen LogP contribution in [-0.2, 0) is 0 Å². The highest BCUT2D eigenvalue weighted by Crippen LogP contribution is 1.14. The van der Waals surface area contributed by atoms with Crippen LogP contribution in [0.25, 0.3) is 0 Å². The maximum atomic E-state index is 2.00. The summed E-state index contributed by atoms with van der Waals surface area (Å²) in [5.41, 5.74) is 0. The van der Waals surface area contributed by atoms with Crippen LogP contribution in [0.1, 0.15) is 21.3 Å². The molecule has 0 rings (SSSR count). The van der Waals surface area contributed by atoms with Crippen molar-refractivity contribution in [2.45, 2.75) is 21.3 Å². The molecule has 0 aliphatic rings. The fourth-order valence-electron chi connectivity index (χ4n) is 0. The highest BCUT2D eigenvalue weighted by atomic mass is 32.1. The molecule has 0 bridgehead atoms. The van der Waals surface area contributed by atoms with E-state index < -0.39 is 0 Å². The summed E-state index contributed by atoms with van der Waals surface area (Å²) in [6.07, 6.45) is 0. The van der Waals surface area contributed by atoms with Crippen molar-refractivity contribution in [2.24, 2.45) is 0 Å². The van der Waals surface area contributed by atoms with Crippen molar-refractivity contribution < 1.29 is 0 Å². The van der Waals surface area contributed by atoms with Crippen LogP contribution in [0.5, 0.6) is 0 Å². The lowest BCUT2D eigenvalue weighted by molar-refractivity contribution is 1.50. The van der Waals surface area contributed by atoms with Crippen LogP contribution < -0.4 is 0 Å². The molecule has 5 heteroatoms. The Hall–Kier alpha value is 1.75. The molecule has 0 fully saturated rings. The molecule has 62 valence electrons. The van der Waals surface area contributed by atoms with Gasteiger partial charge in [0, 0.05) is 0 Å². The van der Waals surface area contributed by atoms with Crippen LogP contribution in [0.2, 0.25) is 0 Å². The number of hydrogen-bond donors (Lipinski definition) is 0. The Morgan fingerprint density at radius 3 is 0.500 bits per heavy atom. The van der Waals surface area contributed by atoms with Gasteiger partial charge in [0.2, 0.25) is 0 Å². The molecule has 0 aliphatic heterocycles. The van der Waals surface area contributed by atoms with Gasteiger partial charge in [-0.3, -0.25) is 0 Å². The van der Waals surface area contributed by atoms with Crippen LogP contribution in [0, 0.1) is 0 Å². The van der Waals surface area contributed by atoms with Gasteiger partial charge in [-0.25, -0.2) is 0 Å². The van der Waals surface area contributed by atoms with Crippen LogP contribution in [0.3, 0.4) is 0 Å². The van der Waals surface area contributed by atoms with E-state index in [4.69, 9.17) is 0 Å². The van der Waals surface area contributed by atoms with Gasteiger partial charge in [-0.1, -0.05) is 21.3 Å². The minimum absolute atomic E-state index is 0. The SMILES string of the molecule is C.CC.S.S.S.S.S. The molecule has 0 unspecified atom stereocenters. The zero-order chi connectivity index (χ0) is 2.00. The fourth-order valence-corrected chi connectivity index (χ4v) is 0. The molecular weight excluding hydrogens is 196 g/mol. The van der Waals surface area contributed by atoms with E-state index in [9.17, 15) is 0 Å². The lowest BCUT2D eigenvalue weighted by atomic mass is 11.0. The smallest absolute Gasteiger partial charge is 0.0683 e. The Bertz CT molecular complexity index is 7.64. The van der Waals surface area contributed by atoms with E-state index in [1.807, 2.05) is 13.8 Å². The van der Waals surface area contributed by atoms with Crippen LogP contribution in [0.4, 0.5) is 0 Å². The zero-order valence-corrected chi connectivity index (χ0v) is 9.50. The maximum Gasteiger partial charge on any atom is -0.0683 e. The van der Waals surface area contributed by atoms with Gasteiger partial charge in [-0.05, 0) is 0 Å². The predicted molar refractivity (Wildman–Crippen MR) is 70.0 cm³/mol. The molecular formula is C3H20S5. The van der Waals surface area contributed by atoms with Crippen molar-refractivity contribution in [3.63, 3.8) is 0 Å². The Morgan fingerprint density at radius 1 is 0.500 bits per heavy atom. The summed E-state index contributed by atoms with van der Waals surface area (Å²) in [4.78, 5) is 0. The molecule has 0 spiro atoms. The van der Waals surface area contributed by atoms with E-state index in [2.05, 4.69) is 0 Å². The van der Waals surface area contributed by atoms with Crippen LogP contribution in [0.15, 0.2) is 0 Å². The predicted octanol–water partition coefficient (Wildman–Crippen LogP) is 2.23. The summed E-state index contributed by atoms with van der Waals surface area (Å²) in [5, 5.41) is 0. The first-order valence-electron chi connectivity index (χ1n) is 1.00. The first-order valence-corrected chi connectivity index (χ1v) is 1.00. The third-order valence-corrected chi connectivity index (χ3v) is 0. The third-order valence-electron chi connectivity index (χ3n) is 0. The van der Waals surface area contributed by atoms with Gasteiger partial charge in [0.05, 0.1) is 0 Å². The molecule has 0 aromatic rings. The standard InChI is InChI=1S/C2H6.CH4.5H2S/c1-2;;;;;;/h1-2H3;1H4;5*1H2. The van der Waals surface area contributed by atoms with Crippen molar-refractivity contribution in [1.29, 1.82) is 0 Å². The first-order chi connectivity index (χ1) is 1.00. The van der Waals surface area contributed by atoms with Crippen LogP contribution >= 0.6 is 67.5 Å². The van der Waals surface area contributed by atoms with Crippen molar-refractivity contribution in [3.8, 4) is 0 Å². The minimum atomic E-state index is 0. The average Bonchev–Trinajstić information content (AvgIpc) is 1.00. The summed E-state index contributed by atoms with van der Waals surface area (Å²) in [7, 11) is 0. The fraction of sp³-hybridized carbons (Fsp3) is 1.00. The molecule has 0 saturated carbocycles. The topological polar surface area (TPSA) is 0 Å². The van der Waals surface area contributed by atoms with E-state index in [0.29, 0.717) is 0 Å². The molecule has 0 saturated heterocycles. The molecule has 0 amide bonds. The average molecular weight is 217 g/mol. The Labute approximate surface area is 88.4 Å².